The van der Waals surface area contributed by atoms with E-state index in [1.807, 2.05) is 38.1 Å². The van der Waals surface area contributed by atoms with Crippen molar-refractivity contribution in [2.75, 3.05) is 20.3 Å². The summed E-state index contributed by atoms with van der Waals surface area (Å²) >= 11 is 0. The molecule has 0 heterocycles. The molecule has 1 rings (SSSR count). The lowest BCUT2D eigenvalue weighted by Gasteiger charge is -2.18. The molecule has 0 fully saturated rings. The Morgan fingerprint density at radius 1 is 1.24 bits per heavy atom. The molecule has 5 nitrogen and oxygen atoms in total. The molecule has 0 radical (unpaired) electrons. The summed E-state index contributed by atoms with van der Waals surface area (Å²) in [6, 6.07) is 7.36. The lowest BCUT2D eigenvalue weighted by atomic mass is 10.1. The molecule has 0 aliphatic rings. The fourth-order valence-electron chi connectivity index (χ4n) is 1.51. The quantitative estimate of drug-likeness (QED) is 0.721. The number of rotatable bonds is 8. The predicted molar refractivity (Wildman–Crippen MR) is 86.2 cm³/mol. The van der Waals surface area contributed by atoms with E-state index in [-0.39, 0.29) is 23.9 Å². The summed E-state index contributed by atoms with van der Waals surface area (Å²) in [4.78, 5) is 11.5. The Morgan fingerprint density at radius 3 is 2.33 bits per heavy atom. The molecule has 1 aromatic carbocycles. The van der Waals surface area contributed by atoms with E-state index >= 15 is 0 Å². The smallest absolute Gasteiger partial charge is 0.220 e. The minimum atomic E-state index is -0.380. The second kappa shape index (κ2) is 9.47. The molecular weight excluding hydrogens is 292 g/mol. The van der Waals surface area contributed by atoms with Crippen LogP contribution in [0.25, 0.3) is 0 Å². The van der Waals surface area contributed by atoms with E-state index in [4.69, 9.17) is 15.2 Å². The Bertz CT molecular complexity index is 416. The van der Waals surface area contributed by atoms with Crippen LogP contribution in [0.3, 0.4) is 0 Å². The van der Waals surface area contributed by atoms with Crippen LogP contribution in [0.5, 0.6) is 11.5 Å². The van der Waals surface area contributed by atoms with Crippen LogP contribution in [-0.2, 0) is 4.79 Å². The molecule has 120 valence electrons. The number of amides is 1. The topological polar surface area (TPSA) is 73.6 Å². The number of nitrogens with two attached hydrogens (primary N) is 1. The highest BCUT2D eigenvalue weighted by molar-refractivity contribution is 5.85. The molecule has 0 saturated heterocycles. The summed E-state index contributed by atoms with van der Waals surface area (Å²) in [5, 5.41) is 2.80. The maximum atomic E-state index is 11.5. The lowest BCUT2D eigenvalue weighted by molar-refractivity contribution is -0.121. The number of hydrogen-bond acceptors (Lipinski definition) is 4. The fourth-order valence-corrected chi connectivity index (χ4v) is 1.51. The predicted octanol–water partition coefficient (Wildman–Crippen LogP) is 2.13. The van der Waals surface area contributed by atoms with Crippen molar-refractivity contribution in [1.29, 1.82) is 0 Å². The van der Waals surface area contributed by atoms with Crippen LogP contribution in [-0.4, -0.2) is 31.7 Å². The van der Waals surface area contributed by atoms with Gasteiger partial charge in [-0.15, -0.1) is 12.4 Å². The van der Waals surface area contributed by atoms with E-state index in [0.29, 0.717) is 26.0 Å². The van der Waals surface area contributed by atoms with Gasteiger partial charge < -0.3 is 20.5 Å². The van der Waals surface area contributed by atoms with E-state index in [0.717, 1.165) is 11.5 Å². The summed E-state index contributed by atoms with van der Waals surface area (Å²) in [5.74, 6) is 1.57. The Hall–Kier alpha value is -1.46. The van der Waals surface area contributed by atoms with Crippen LogP contribution >= 0.6 is 12.4 Å². The minimum Gasteiger partial charge on any atom is -0.497 e. The van der Waals surface area contributed by atoms with Gasteiger partial charge in [0.25, 0.3) is 0 Å². The van der Waals surface area contributed by atoms with Gasteiger partial charge in [-0.3, -0.25) is 4.79 Å². The normalized spacial score (nSPS) is 10.5. The van der Waals surface area contributed by atoms with Crippen molar-refractivity contribution in [2.45, 2.75) is 32.2 Å². The molecule has 3 N–H and O–H groups in total. The number of hydrogen-bond donors (Lipinski definition) is 2. The van der Waals surface area contributed by atoms with Gasteiger partial charge in [-0.1, -0.05) is 0 Å². The van der Waals surface area contributed by atoms with Crippen molar-refractivity contribution in [1.82, 2.24) is 5.32 Å². The number of nitrogens with one attached hydrogen (secondary N) is 1. The van der Waals surface area contributed by atoms with E-state index in [2.05, 4.69) is 5.32 Å². The van der Waals surface area contributed by atoms with Crippen LogP contribution in [0.4, 0.5) is 0 Å². The monoisotopic (exact) mass is 316 g/mol. The summed E-state index contributed by atoms with van der Waals surface area (Å²) < 4.78 is 10.6. The van der Waals surface area contributed by atoms with Crippen molar-refractivity contribution in [3.63, 3.8) is 0 Å². The largest absolute Gasteiger partial charge is 0.497 e. The van der Waals surface area contributed by atoms with Gasteiger partial charge in [0, 0.05) is 18.5 Å². The van der Waals surface area contributed by atoms with Crippen molar-refractivity contribution >= 4 is 18.3 Å². The van der Waals surface area contributed by atoms with Crippen LogP contribution in [0.2, 0.25) is 0 Å². The molecule has 0 aliphatic heterocycles. The van der Waals surface area contributed by atoms with E-state index in [9.17, 15) is 4.79 Å². The average Bonchev–Trinajstić information content (AvgIpc) is 2.41. The Balaban J connectivity index is 0.00000400. The maximum absolute atomic E-state index is 11.5. The van der Waals surface area contributed by atoms with Gasteiger partial charge >= 0.3 is 0 Å². The molecule has 6 heteroatoms. The molecule has 0 aliphatic carbocycles. The molecule has 1 amide bonds. The summed E-state index contributed by atoms with van der Waals surface area (Å²) in [6.07, 6.45) is 1.11. The van der Waals surface area contributed by atoms with Crippen LogP contribution in [0, 0.1) is 0 Å². The van der Waals surface area contributed by atoms with Crippen molar-refractivity contribution in [3.8, 4) is 11.5 Å². The number of carbonyl (C=O) groups excluding carboxylic acids is 1. The molecule has 0 atom stereocenters. The summed E-state index contributed by atoms with van der Waals surface area (Å²) in [6.45, 7) is 4.73. The molecule has 0 unspecified atom stereocenters. The van der Waals surface area contributed by atoms with Crippen LogP contribution in [0.15, 0.2) is 24.3 Å². The van der Waals surface area contributed by atoms with E-state index in [1.54, 1.807) is 7.11 Å². The molecule has 0 spiro atoms. The first-order valence-corrected chi connectivity index (χ1v) is 6.73. The van der Waals surface area contributed by atoms with Crippen molar-refractivity contribution < 1.29 is 14.3 Å². The molecule has 0 bridgehead atoms. The third-order valence-electron chi connectivity index (χ3n) is 2.62. The SMILES string of the molecule is COc1ccc(OCCCC(=O)NCC(C)(C)N)cc1.Cl. The number of carbonyl (C=O) groups is 1. The van der Waals surface area contributed by atoms with Gasteiger partial charge in [0.15, 0.2) is 0 Å². The van der Waals surface area contributed by atoms with Gasteiger partial charge in [0.05, 0.1) is 13.7 Å². The average molecular weight is 317 g/mol. The van der Waals surface area contributed by atoms with Crippen molar-refractivity contribution in [3.05, 3.63) is 24.3 Å². The second-order valence-corrected chi connectivity index (χ2v) is 5.39. The highest BCUT2D eigenvalue weighted by atomic mass is 35.5. The zero-order valence-corrected chi connectivity index (χ0v) is 13.7. The van der Waals surface area contributed by atoms with E-state index in [1.165, 1.54) is 0 Å². The minimum absolute atomic E-state index is 0. The standard InChI is InChI=1S/C15H24N2O3.ClH/c1-15(2,16)11-17-14(18)5-4-10-20-13-8-6-12(19-3)7-9-13;/h6-9H,4-5,10-11,16H2,1-3H3,(H,17,18);1H. The van der Waals surface area contributed by atoms with Gasteiger partial charge in [-0.25, -0.2) is 0 Å². The zero-order chi connectivity index (χ0) is 15.0. The number of methoxy groups -OCH3 is 1. The lowest BCUT2D eigenvalue weighted by Crippen LogP contribution is -2.45. The first kappa shape index (κ1) is 19.5. The third-order valence-corrected chi connectivity index (χ3v) is 2.62. The van der Waals surface area contributed by atoms with Crippen LogP contribution < -0.4 is 20.5 Å². The molecular formula is C15H25ClN2O3. The summed E-state index contributed by atoms with van der Waals surface area (Å²) in [7, 11) is 1.62. The number of halogens is 1. The molecule has 1 aromatic rings. The van der Waals surface area contributed by atoms with Gasteiger partial charge in [-0.05, 0) is 44.5 Å². The number of ether oxygens (including phenoxy) is 2. The molecule has 0 saturated carbocycles. The Morgan fingerprint density at radius 2 is 1.81 bits per heavy atom. The van der Waals surface area contributed by atoms with Gasteiger partial charge in [-0.2, -0.15) is 0 Å². The Kier molecular flexibility index (Phi) is 8.81. The second-order valence-electron chi connectivity index (χ2n) is 5.39. The van der Waals surface area contributed by atoms with Crippen molar-refractivity contribution in [2.24, 2.45) is 5.73 Å². The first-order valence-electron chi connectivity index (χ1n) is 6.73. The zero-order valence-electron chi connectivity index (χ0n) is 12.8. The van der Waals surface area contributed by atoms with Gasteiger partial charge in [0.2, 0.25) is 5.91 Å². The summed E-state index contributed by atoms with van der Waals surface area (Å²) in [5.41, 5.74) is 5.41. The first-order chi connectivity index (χ1) is 9.40. The highest BCUT2D eigenvalue weighted by Gasteiger charge is 2.11. The number of benzene rings is 1. The van der Waals surface area contributed by atoms with Crippen LogP contribution in [0.1, 0.15) is 26.7 Å². The fraction of sp³-hybridized carbons (Fsp3) is 0.533. The van der Waals surface area contributed by atoms with Gasteiger partial charge in [0.1, 0.15) is 11.5 Å². The van der Waals surface area contributed by atoms with E-state index < -0.39 is 0 Å². The maximum Gasteiger partial charge on any atom is 0.220 e. The molecule has 21 heavy (non-hydrogen) atoms. The Labute approximate surface area is 132 Å². The third kappa shape index (κ3) is 9.15. The molecule has 0 aromatic heterocycles. The highest BCUT2D eigenvalue weighted by Crippen LogP contribution is 2.17.